The molecule has 2 aromatic carbocycles. The Labute approximate surface area is 183 Å². The molecular formula is C25H29N3O3. The largest absolute Gasteiger partial charge is 0.347 e. The summed E-state index contributed by atoms with van der Waals surface area (Å²) in [6.45, 7) is 1.74. The lowest BCUT2D eigenvalue weighted by Crippen LogP contribution is -2.54. The van der Waals surface area contributed by atoms with E-state index in [2.05, 4.69) is 10.6 Å². The van der Waals surface area contributed by atoms with Gasteiger partial charge in [-0.1, -0.05) is 80.4 Å². The van der Waals surface area contributed by atoms with Gasteiger partial charge in [0.05, 0.1) is 6.04 Å². The number of carbonyl (C=O) groups is 3. The van der Waals surface area contributed by atoms with Crippen LogP contribution in [0.2, 0.25) is 0 Å². The lowest BCUT2D eigenvalue weighted by molar-refractivity contribution is -0.137. The van der Waals surface area contributed by atoms with Gasteiger partial charge in [-0.05, 0) is 36.3 Å². The van der Waals surface area contributed by atoms with E-state index in [0.717, 1.165) is 35.3 Å². The van der Waals surface area contributed by atoms with E-state index >= 15 is 0 Å². The molecule has 1 saturated heterocycles. The summed E-state index contributed by atoms with van der Waals surface area (Å²) >= 11 is 0. The molecule has 4 amide bonds. The van der Waals surface area contributed by atoms with Crippen LogP contribution in [0.1, 0.15) is 49.8 Å². The summed E-state index contributed by atoms with van der Waals surface area (Å²) in [5, 5.41) is 5.95. The number of nitrogens with zero attached hydrogens (tertiary/aromatic N) is 1. The Hall–Kier alpha value is -3.15. The van der Waals surface area contributed by atoms with Crippen molar-refractivity contribution in [2.24, 2.45) is 5.92 Å². The van der Waals surface area contributed by atoms with Gasteiger partial charge in [0.2, 0.25) is 5.91 Å². The predicted octanol–water partition coefficient (Wildman–Crippen LogP) is 3.59. The van der Waals surface area contributed by atoms with E-state index in [1.54, 1.807) is 0 Å². The highest BCUT2D eigenvalue weighted by Gasteiger charge is 2.55. The van der Waals surface area contributed by atoms with Crippen LogP contribution in [-0.2, 0) is 16.0 Å². The standard InChI is InChI=1S/C25H29N3O3/c1-18-10-8-9-15-25(18)23(30)28(24(31)27-25)17-22(29)26-21(20-13-6-3-7-14-20)16-19-11-4-2-5-12-19/h2-7,11-14,18,21H,8-10,15-17H2,1H3,(H,26,29)(H,27,31)/t18-,21+,25-/m1/s1. The molecule has 2 fully saturated rings. The van der Waals surface area contributed by atoms with Gasteiger partial charge in [-0.15, -0.1) is 0 Å². The van der Waals surface area contributed by atoms with Gasteiger partial charge in [0.25, 0.3) is 5.91 Å². The van der Waals surface area contributed by atoms with Crippen LogP contribution in [-0.4, -0.2) is 34.8 Å². The Morgan fingerprint density at radius 1 is 1.10 bits per heavy atom. The summed E-state index contributed by atoms with van der Waals surface area (Å²) in [7, 11) is 0. The van der Waals surface area contributed by atoms with Gasteiger partial charge < -0.3 is 10.6 Å². The monoisotopic (exact) mass is 419 g/mol. The Bertz CT molecular complexity index is 947. The van der Waals surface area contributed by atoms with Crippen molar-refractivity contribution in [3.8, 4) is 0 Å². The van der Waals surface area contributed by atoms with Crippen molar-refractivity contribution in [1.29, 1.82) is 0 Å². The summed E-state index contributed by atoms with van der Waals surface area (Å²) < 4.78 is 0. The molecule has 0 bridgehead atoms. The van der Waals surface area contributed by atoms with E-state index in [-0.39, 0.29) is 30.3 Å². The Balaban J connectivity index is 1.47. The second-order valence-corrected chi connectivity index (χ2v) is 8.66. The molecule has 1 saturated carbocycles. The van der Waals surface area contributed by atoms with Crippen LogP contribution in [0.3, 0.4) is 0 Å². The summed E-state index contributed by atoms with van der Waals surface area (Å²) in [6.07, 6.45) is 4.13. The first-order valence-electron chi connectivity index (χ1n) is 11.0. The third kappa shape index (κ3) is 4.33. The van der Waals surface area contributed by atoms with Gasteiger partial charge >= 0.3 is 6.03 Å². The third-order valence-electron chi connectivity index (χ3n) is 6.62. The first-order chi connectivity index (χ1) is 15.0. The first-order valence-corrected chi connectivity index (χ1v) is 11.0. The van der Waals surface area contributed by atoms with E-state index < -0.39 is 11.6 Å². The van der Waals surface area contributed by atoms with Crippen molar-refractivity contribution < 1.29 is 14.4 Å². The highest BCUT2D eigenvalue weighted by Crippen LogP contribution is 2.38. The Morgan fingerprint density at radius 2 is 1.77 bits per heavy atom. The van der Waals surface area contributed by atoms with E-state index in [1.165, 1.54) is 0 Å². The van der Waals surface area contributed by atoms with E-state index in [4.69, 9.17) is 0 Å². The molecule has 162 valence electrons. The van der Waals surface area contributed by atoms with Gasteiger partial charge in [0.15, 0.2) is 0 Å². The smallest absolute Gasteiger partial charge is 0.325 e. The molecule has 2 aliphatic rings. The SMILES string of the molecule is C[C@@H]1CCCC[C@@]12NC(=O)N(CC(=O)N[C@@H](Cc1ccccc1)c1ccccc1)C2=O. The summed E-state index contributed by atoms with van der Waals surface area (Å²) in [4.78, 5) is 39.8. The number of urea groups is 1. The molecule has 6 heteroatoms. The van der Waals surface area contributed by atoms with Crippen molar-refractivity contribution in [2.75, 3.05) is 6.54 Å². The highest BCUT2D eigenvalue weighted by molar-refractivity contribution is 6.09. The number of carbonyl (C=O) groups excluding carboxylic acids is 3. The quantitative estimate of drug-likeness (QED) is 0.703. The zero-order chi connectivity index (χ0) is 21.8. The van der Waals surface area contributed by atoms with Crippen LogP contribution in [0, 0.1) is 5.92 Å². The number of nitrogens with one attached hydrogen (secondary N) is 2. The average Bonchev–Trinajstić information content (AvgIpc) is 3.01. The maximum atomic E-state index is 13.1. The number of rotatable bonds is 6. The fraction of sp³-hybridized carbons (Fsp3) is 0.400. The second-order valence-electron chi connectivity index (χ2n) is 8.66. The molecule has 2 N–H and O–H groups in total. The van der Waals surface area contributed by atoms with Crippen LogP contribution in [0.15, 0.2) is 60.7 Å². The first kappa shape index (κ1) is 21.1. The lowest BCUT2D eigenvalue weighted by atomic mass is 9.73. The van der Waals surface area contributed by atoms with Gasteiger partial charge in [-0.2, -0.15) is 0 Å². The van der Waals surface area contributed by atoms with Crippen LogP contribution >= 0.6 is 0 Å². The van der Waals surface area contributed by atoms with Crippen molar-refractivity contribution in [3.05, 3.63) is 71.8 Å². The normalized spacial score (nSPS) is 24.2. The maximum absolute atomic E-state index is 13.1. The van der Waals surface area contributed by atoms with Crippen molar-refractivity contribution >= 4 is 17.8 Å². The molecule has 1 spiro atoms. The van der Waals surface area contributed by atoms with Gasteiger partial charge in [-0.25, -0.2) is 4.79 Å². The molecule has 6 nitrogen and oxygen atoms in total. The molecule has 31 heavy (non-hydrogen) atoms. The van der Waals surface area contributed by atoms with Crippen LogP contribution < -0.4 is 10.6 Å². The fourth-order valence-corrected chi connectivity index (χ4v) is 4.81. The van der Waals surface area contributed by atoms with E-state index in [0.29, 0.717) is 12.8 Å². The van der Waals surface area contributed by atoms with Crippen molar-refractivity contribution in [1.82, 2.24) is 15.5 Å². The summed E-state index contributed by atoms with van der Waals surface area (Å²) in [6, 6.07) is 19.0. The number of imide groups is 1. The fourth-order valence-electron chi connectivity index (χ4n) is 4.81. The molecular weight excluding hydrogens is 390 g/mol. The molecule has 3 atom stereocenters. The van der Waals surface area contributed by atoms with Gasteiger partial charge in [0.1, 0.15) is 12.1 Å². The Kier molecular flexibility index (Phi) is 6.07. The van der Waals surface area contributed by atoms with E-state index in [1.807, 2.05) is 67.6 Å². The zero-order valence-corrected chi connectivity index (χ0v) is 17.8. The van der Waals surface area contributed by atoms with Crippen molar-refractivity contribution in [2.45, 2.75) is 50.6 Å². The van der Waals surface area contributed by atoms with Gasteiger partial charge in [0, 0.05) is 0 Å². The molecule has 2 aromatic rings. The maximum Gasteiger partial charge on any atom is 0.325 e. The zero-order valence-electron chi connectivity index (χ0n) is 17.8. The van der Waals surface area contributed by atoms with Gasteiger partial charge in [-0.3, -0.25) is 14.5 Å². The summed E-state index contributed by atoms with van der Waals surface area (Å²) in [5.41, 5.74) is 1.23. The topological polar surface area (TPSA) is 78.5 Å². The minimum Gasteiger partial charge on any atom is -0.347 e. The second kappa shape index (κ2) is 8.92. The molecule has 1 aliphatic carbocycles. The highest BCUT2D eigenvalue weighted by atomic mass is 16.2. The third-order valence-corrected chi connectivity index (χ3v) is 6.62. The van der Waals surface area contributed by atoms with Crippen molar-refractivity contribution in [3.63, 3.8) is 0 Å². The number of benzene rings is 2. The minimum atomic E-state index is -0.849. The minimum absolute atomic E-state index is 0.0703. The van der Waals surface area contributed by atoms with E-state index in [9.17, 15) is 14.4 Å². The average molecular weight is 420 g/mol. The predicted molar refractivity (Wildman–Crippen MR) is 118 cm³/mol. The molecule has 1 aliphatic heterocycles. The molecule has 0 unspecified atom stereocenters. The van der Waals surface area contributed by atoms with Crippen LogP contribution in [0.25, 0.3) is 0 Å². The molecule has 1 heterocycles. The number of hydrogen-bond acceptors (Lipinski definition) is 3. The summed E-state index contributed by atoms with van der Waals surface area (Å²) in [5.74, 6) is -0.533. The Morgan fingerprint density at radius 3 is 2.45 bits per heavy atom. The van der Waals surface area contributed by atoms with Crippen LogP contribution in [0.5, 0.6) is 0 Å². The lowest BCUT2D eigenvalue weighted by Gasteiger charge is -2.36. The number of amides is 4. The molecule has 4 rings (SSSR count). The number of hydrogen-bond donors (Lipinski definition) is 2. The molecule has 0 aromatic heterocycles. The molecule has 0 radical (unpaired) electrons. The van der Waals surface area contributed by atoms with Crippen LogP contribution in [0.4, 0.5) is 4.79 Å².